The third-order valence-corrected chi connectivity index (χ3v) is 3.65. The van der Waals surface area contributed by atoms with E-state index < -0.39 is 0 Å². The van der Waals surface area contributed by atoms with Crippen molar-refractivity contribution in [3.63, 3.8) is 0 Å². The molecule has 0 fully saturated rings. The van der Waals surface area contributed by atoms with E-state index in [2.05, 4.69) is 33.4 Å². The van der Waals surface area contributed by atoms with Gasteiger partial charge in [0.15, 0.2) is 0 Å². The molecule has 1 aromatic heterocycles. The molecule has 16 heavy (non-hydrogen) atoms. The summed E-state index contributed by atoms with van der Waals surface area (Å²) >= 11 is 5.17. The lowest BCUT2D eigenvalue weighted by atomic mass is 10.1. The van der Waals surface area contributed by atoms with Gasteiger partial charge in [-0.3, -0.25) is 4.79 Å². The largest absolute Gasteiger partial charge is 0.352 e. The molecule has 0 radical (unpaired) electrons. The van der Waals surface area contributed by atoms with E-state index in [0.717, 1.165) is 16.6 Å². The van der Waals surface area contributed by atoms with E-state index in [1.807, 2.05) is 20.8 Å². The summed E-state index contributed by atoms with van der Waals surface area (Å²) in [7, 11) is 0. The highest BCUT2D eigenvalue weighted by Gasteiger charge is 2.13. The average Bonchev–Trinajstić information content (AvgIpc) is 2.48. The molecule has 0 aromatic carbocycles. The third-order valence-electron chi connectivity index (χ3n) is 1.97. The van der Waals surface area contributed by atoms with Gasteiger partial charge in [0, 0.05) is 16.8 Å². The highest BCUT2D eigenvalue weighted by Crippen LogP contribution is 2.23. The number of hydrogen-bond acceptors (Lipinski definition) is 2. The van der Waals surface area contributed by atoms with Gasteiger partial charge in [-0.2, -0.15) is 0 Å². The zero-order chi connectivity index (χ0) is 12.2. The number of halogens is 1. The van der Waals surface area contributed by atoms with Crippen molar-refractivity contribution in [2.24, 2.45) is 0 Å². The second-order valence-electron chi connectivity index (χ2n) is 4.86. The second kappa shape index (κ2) is 5.82. The molecule has 0 aliphatic heterocycles. The Balaban J connectivity index is 2.23. The highest BCUT2D eigenvalue weighted by molar-refractivity contribution is 9.11. The first-order chi connectivity index (χ1) is 7.37. The molecule has 1 aromatic rings. The topological polar surface area (TPSA) is 29.1 Å². The van der Waals surface area contributed by atoms with Crippen LogP contribution >= 0.6 is 27.3 Å². The summed E-state index contributed by atoms with van der Waals surface area (Å²) < 4.78 is 1.15. The van der Waals surface area contributed by atoms with E-state index in [1.54, 1.807) is 11.3 Å². The van der Waals surface area contributed by atoms with E-state index in [9.17, 15) is 4.79 Å². The maximum atomic E-state index is 11.5. The van der Waals surface area contributed by atoms with Crippen LogP contribution in [0.2, 0.25) is 0 Å². The molecule has 0 aliphatic carbocycles. The predicted molar refractivity (Wildman–Crippen MR) is 72.9 cm³/mol. The fourth-order valence-electron chi connectivity index (χ4n) is 1.39. The molecule has 0 bridgehead atoms. The summed E-state index contributed by atoms with van der Waals surface area (Å²) in [6, 6.07) is 4.16. The van der Waals surface area contributed by atoms with Gasteiger partial charge in [0.1, 0.15) is 0 Å². The van der Waals surface area contributed by atoms with Crippen LogP contribution < -0.4 is 5.32 Å². The van der Waals surface area contributed by atoms with Crippen LogP contribution in [0.25, 0.3) is 0 Å². The number of rotatable bonds is 4. The number of carbonyl (C=O) groups excluding carboxylic acids is 1. The van der Waals surface area contributed by atoms with Gasteiger partial charge in [-0.05, 0) is 61.7 Å². The summed E-state index contributed by atoms with van der Waals surface area (Å²) in [5, 5.41) is 2.97. The van der Waals surface area contributed by atoms with Gasteiger partial charge < -0.3 is 5.32 Å². The number of carbonyl (C=O) groups is 1. The Morgan fingerprint density at radius 2 is 2.12 bits per heavy atom. The molecule has 0 saturated heterocycles. The summed E-state index contributed by atoms with van der Waals surface area (Å²) in [4.78, 5) is 12.9. The molecule has 0 unspecified atom stereocenters. The average molecular weight is 304 g/mol. The third kappa shape index (κ3) is 5.66. The maximum Gasteiger partial charge on any atom is 0.220 e. The second-order valence-corrected chi connectivity index (χ2v) is 7.41. The number of hydrogen-bond donors (Lipinski definition) is 1. The van der Waals surface area contributed by atoms with Crippen molar-refractivity contribution in [1.29, 1.82) is 0 Å². The molecule has 1 heterocycles. The number of nitrogens with one attached hydrogen (secondary N) is 1. The van der Waals surface area contributed by atoms with Gasteiger partial charge in [0.2, 0.25) is 5.91 Å². The Bertz CT molecular complexity index is 354. The molecule has 90 valence electrons. The first-order valence-corrected chi connectivity index (χ1v) is 7.03. The van der Waals surface area contributed by atoms with Crippen LogP contribution in [0, 0.1) is 0 Å². The van der Waals surface area contributed by atoms with Gasteiger partial charge >= 0.3 is 0 Å². The quantitative estimate of drug-likeness (QED) is 0.902. The normalized spacial score (nSPS) is 11.5. The van der Waals surface area contributed by atoms with Crippen LogP contribution in [-0.4, -0.2) is 11.4 Å². The number of aryl methyl sites for hydroxylation is 1. The van der Waals surface area contributed by atoms with Crippen molar-refractivity contribution >= 4 is 33.2 Å². The lowest BCUT2D eigenvalue weighted by Crippen LogP contribution is -2.40. The zero-order valence-electron chi connectivity index (χ0n) is 9.97. The maximum absolute atomic E-state index is 11.5. The standard InChI is InChI=1S/C12H18BrNOS/c1-12(2,3)14-11(15)6-4-5-9-7-8-10(13)16-9/h7-8H,4-6H2,1-3H3,(H,14,15). The van der Waals surface area contributed by atoms with E-state index in [0.29, 0.717) is 6.42 Å². The molecule has 0 spiro atoms. The molecular formula is C12H18BrNOS. The Labute approximate surface area is 110 Å². The van der Waals surface area contributed by atoms with Crippen molar-refractivity contribution in [2.75, 3.05) is 0 Å². The van der Waals surface area contributed by atoms with Crippen molar-refractivity contribution in [1.82, 2.24) is 5.32 Å². The summed E-state index contributed by atoms with van der Waals surface area (Å²) in [5.74, 6) is 0.142. The zero-order valence-corrected chi connectivity index (χ0v) is 12.4. The molecule has 0 saturated carbocycles. The van der Waals surface area contributed by atoms with Crippen molar-refractivity contribution in [3.05, 3.63) is 20.8 Å². The van der Waals surface area contributed by atoms with E-state index in [1.165, 1.54) is 4.88 Å². The van der Waals surface area contributed by atoms with E-state index in [4.69, 9.17) is 0 Å². The minimum atomic E-state index is -0.122. The van der Waals surface area contributed by atoms with E-state index in [-0.39, 0.29) is 11.4 Å². The fourth-order valence-corrected chi connectivity index (χ4v) is 2.91. The fraction of sp³-hybridized carbons (Fsp3) is 0.583. The summed E-state index contributed by atoms with van der Waals surface area (Å²) in [5.41, 5.74) is -0.122. The molecule has 1 N–H and O–H groups in total. The molecule has 0 atom stereocenters. The van der Waals surface area contributed by atoms with Crippen LogP contribution in [0.1, 0.15) is 38.5 Å². The molecule has 1 rings (SSSR count). The lowest BCUT2D eigenvalue weighted by molar-refractivity contribution is -0.122. The van der Waals surface area contributed by atoms with Gasteiger partial charge in [-0.25, -0.2) is 0 Å². The Morgan fingerprint density at radius 1 is 1.44 bits per heavy atom. The van der Waals surface area contributed by atoms with Crippen LogP contribution in [0.5, 0.6) is 0 Å². The van der Waals surface area contributed by atoms with Crippen molar-refractivity contribution in [2.45, 2.75) is 45.6 Å². The predicted octanol–water partition coefficient (Wildman–Crippen LogP) is 3.75. The minimum Gasteiger partial charge on any atom is -0.352 e. The van der Waals surface area contributed by atoms with Crippen LogP contribution in [0.4, 0.5) is 0 Å². The molecule has 2 nitrogen and oxygen atoms in total. The van der Waals surface area contributed by atoms with Crippen molar-refractivity contribution < 1.29 is 4.79 Å². The van der Waals surface area contributed by atoms with Crippen LogP contribution in [0.15, 0.2) is 15.9 Å². The van der Waals surface area contributed by atoms with Gasteiger partial charge in [0.05, 0.1) is 3.79 Å². The SMILES string of the molecule is CC(C)(C)NC(=O)CCCc1ccc(Br)s1. The molecular weight excluding hydrogens is 286 g/mol. The Hall–Kier alpha value is -0.350. The Kier molecular flexibility index (Phi) is 4.99. The summed E-state index contributed by atoms with van der Waals surface area (Å²) in [6.07, 6.45) is 2.50. The lowest BCUT2D eigenvalue weighted by Gasteiger charge is -2.20. The first-order valence-electron chi connectivity index (χ1n) is 5.42. The molecule has 4 heteroatoms. The molecule has 0 aliphatic rings. The van der Waals surface area contributed by atoms with Crippen LogP contribution in [0.3, 0.4) is 0 Å². The smallest absolute Gasteiger partial charge is 0.220 e. The highest BCUT2D eigenvalue weighted by atomic mass is 79.9. The molecule has 1 amide bonds. The number of thiophene rings is 1. The van der Waals surface area contributed by atoms with Gasteiger partial charge in [-0.1, -0.05) is 0 Å². The monoisotopic (exact) mass is 303 g/mol. The minimum absolute atomic E-state index is 0.122. The summed E-state index contributed by atoms with van der Waals surface area (Å²) in [6.45, 7) is 6.00. The van der Waals surface area contributed by atoms with Gasteiger partial charge in [-0.15, -0.1) is 11.3 Å². The first kappa shape index (κ1) is 13.7. The van der Waals surface area contributed by atoms with E-state index >= 15 is 0 Å². The Morgan fingerprint density at radius 3 is 2.62 bits per heavy atom. The number of amides is 1. The van der Waals surface area contributed by atoms with Gasteiger partial charge in [0.25, 0.3) is 0 Å². The van der Waals surface area contributed by atoms with Crippen LogP contribution in [-0.2, 0) is 11.2 Å². The van der Waals surface area contributed by atoms with Crippen molar-refractivity contribution in [3.8, 4) is 0 Å².